The average Bonchev–Trinajstić information content (AvgIpc) is 2.05. The molecule has 1 heterocycles. The standard InChI is InChI=1S/C9H8O.Ni.Sn.2H/c1-2-6-9-8(4-1)5-3-7-10-9;;;;/h1-6H,7H2;;;;. The van der Waals surface area contributed by atoms with Crippen molar-refractivity contribution >= 4 is 30.0 Å². The summed E-state index contributed by atoms with van der Waals surface area (Å²) in [7, 11) is 0. The molecule has 2 rings (SSSR count). The topological polar surface area (TPSA) is 9.23 Å². The summed E-state index contributed by atoms with van der Waals surface area (Å²) in [6, 6.07) is 8.03. The second-order valence-electron chi connectivity index (χ2n) is 2.25. The van der Waals surface area contributed by atoms with Gasteiger partial charge in [-0.3, -0.25) is 0 Å². The Bertz CT molecular complexity index is 273. The van der Waals surface area contributed by atoms with E-state index in [0.717, 1.165) is 5.75 Å². The zero-order valence-electron chi connectivity index (χ0n) is 6.60. The van der Waals surface area contributed by atoms with Gasteiger partial charge in [0.15, 0.2) is 0 Å². The third-order valence-electron chi connectivity index (χ3n) is 1.55. The zero-order chi connectivity index (χ0) is 6.81. The number of fused-ring (bicyclic) bond motifs is 1. The summed E-state index contributed by atoms with van der Waals surface area (Å²) >= 11 is 0. The van der Waals surface area contributed by atoms with Gasteiger partial charge in [0.1, 0.15) is 12.4 Å². The first-order valence-electron chi connectivity index (χ1n) is 3.35. The molecule has 2 radical (unpaired) electrons. The van der Waals surface area contributed by atoms with Crippen LogP contribution in [-0.4, -0.2) is 30.5 Å². The van der Waals surface area contributed by atoms with Gasteiger partial charge in [0.05, 0.1) is 0 Å². The van der Waals surface area contributed by atoms with Crippen LogP contribution in [0, 0.1) is 0 Å². The Morgan fingerprint density at radius 2 is 1.92 bits per heavy atom. The summed E-state index contributed by atoms with van der Waals surface area (Å²) < 4.78 is 5.34. The van der Waals surface area contributed by atoms with Gasteiger partial charge in [-0.25, -0.2) is 0 Å². The van der Waals surface area contributed by atoms with Crippen molar-refractivity contribution in [3.8, 4) is 5.75 Å². The zero-order valence-corrected chi connectivity index (χ0v) is 11.6. The van der Waals surface area contributed by atoms with Gasteiger partial charge in [-0.15, -0.1) is 0 Å². The molecule has 12 heavy (non-hydrogen) atoms. The first-order valence-corrected chi connectivity index (χ1v) is 3.35. The molecular weight excluding hydrogens is 302 g/mol. The van der Waals surface area contributed by atoms with E-state index < -0.39 is 0 Å². The molecule has 0 spiro atoms. The molecule has 0 bridgehead atoms. The Labute approximate surface area is 99.1 Å². The van der Waals surface area contributed by atoms with Crippen molar-refractivity contribution in [3.05, 3.63) is 35.9 Å². The summed E-state index contributed by atoms with van der Waals surface area (Å²) in [5.74, 6) is 0.991. The van der Waals surface area contributed by atoms with E-state index in [9.17, 15) is 0 Å². The number of para-hydroxylation sites is 1. The maximum absolute atomic E-state index is 5.34. The van der Waals surface area contributed by atoms with Crippen LogP contribution in [0.5, 0.6) is 5.75 Å². The molecule has 3 heteroatoms. The molecule has 1 aromatic carbocycles. The van der Waals surface area contributed by atoms with Crippen LogP contribution in [0.2, 0.25) is 0 Å². The quantitative estimate of drug-likeness (QED) is 0.654. The average molecular weight is 312 g/mol. The number of ether oxygens (including phenoxy) is 1. The molecule has 1 aromatic rings. The van der Waals surface area contributed by atoms with Crippen LogP contribution in [0.1, 0.15) is 5.56 Å². The molecule has 0 saturated heterocycles. The molecule has 1 nitrogen and oxygen atoms in total. The molecule has 0 fully saturated rings. The summed E-state index contributed by atoms with van der Waals surface area (Å²) in [4.78, 5) is 0. The van der Waals surface area contributed by atoms with E-state index in [0.29, 0.717) is 6.61 Å². The first-order chi connectivity index (χ1) is 4.97. The SMILES string of the molecule is C1=Cc2ccccc2OC1.[Ni].[SnH2]. The van der Waals surface area contributed by atoms with E-state index in [1.54, 1.807) is 0 Å². The molecule has 0 atom stereocenters. The molecule has 0 unspecified atom stereocenters. The van der Waals surface area contributed by atoms with Crippen LogP contribution < -0.4 is 4.74 Å². The summed E-state index contributed by atoms with van der Waals surface area (Å²) in [5.41, 5.74) is 1.17. The van der Waals surface area contributed by atoms with Crippen molar-refractivity contribution < 1.29 is 21.2 Å². The van der Waals surface area contributed by atoms with Gasteiger partial charge >= 0.3 is 23.9 Å². The first kappa shape index (κ1) is 12.1. The Morgan fingerprint density at radius 3 is 2.67 bits per heavy atom. The normalized spacial score (nSPS) is 11.7. The number of benzene rings is 1. The van der Waals surface area contributed by atoms with Crippen molar-refractivity contribution in [1.82, 2.24) is 0 Å². The van der Waals surface area contributed by atoms with E-state index in [4.69, 9.17) is 4.74 Å². The summed E-state index contributed by atoms with van der Waals surface area (Å²) in [6.45, 7) is 0.705. The molecule has 0 aromatic heterocycles. The molecule has 66 valence electrons. The monoisotopic (exact) mass is 312 g/mol. The van der Waals surface area contributed by atoms with Gasteiger partial charge in [-0.2, -0.15) is 0 Å². The van der Waals surface area contributed by atoms with Gasteiger partial charge < -0.3 is 4.74 Å². The van der Waals surface area contributed by atoms with Crippen molar-refractivity contribution in [3.63, 3.8) is 0 Å². The van der Waals surface area contributed by atoms with E-state index >= 15 is 0 Å². The predicted octanol–water partition coefficient (Wildman–Crippen LogP) is 1.17. The van der Waals surface area contributed by atoms with Crippen molar-refractivity contribution in [1.29, 1.82) is 0 Å². The minimum atomic E-state index is 0. The Kier molecular flexibility index (Phi) is 5.68. The summed E-state index contributed by atoms with van der Waals surface area (Å²) in [5, 5.41) is 0. The van der Waals surface area contributed by atoms with Gasteiger partial charge in [0.25, 0.3) is 0 Å². The third-order valence-corrected chi connectivity index (χ3v) is 1.55. The second-order valence-corrected chi connectivity index (χ2v) is 2.25. The Hall–Kier alpha value is 0.0522. The van der Waals surface area contributed by atoms with E-state index in [-0.39, 0.29) is 40.4 Å². The summed E-state index contributed by atoms with van der Waals surface area (Å²) in [6.07, 6.45) is 4.10. The van der Waals surface area contributed by atoms with Crippen molar-refractivity contribution in [2.24, 2.45) is 0 Å². The minimum absolute atomic E-state index is 0. The maximum atomic E-state index is 5.34. The van der Waals surface area contributed by atoms with Crippen LogP contribution in [0.3, 0.4) is 0 Å². The van der Waals surface area contributed by atoms with Gasteiger partial charge in [-0.05, 0) is 12.1 Å². The number of rotatable bonds is 0. The molecule has 0 amide bonds. The fourth-order valence-corrected chi connectivity index (χ4v) is 1.06. The Morgan fingerprint density at radius 1 is 1.17 bits per heavy atom. The molecule has 0 N–H and O–H groups in total. The fourth-order valence-electron chi connectivity index (χ4n) is 1.06. The fraction of sp³-hybridized carbons (Fsp3) is 0.111. The molecule has 1 aliphatic heterocycles. The molecule has 0 aliphatic carbocycles. The van der Waals surface area contributed by atoms with Crippen LogP contribution in [0.25, 0.3) is 6.08 Å². The van der Waals surface area contributed by atoms with Crippen LogP contribution in [0.4, 0.5) is 0 Å². The number of hydrogen-bond acceptors (Lipinski definition) is 1. The second kappa shape index (κ2) is 5.66. The van der Waals surface area contributed by atoms with Crippen molar-refractivity contribution in [2.75, 3.05) is 6.61 Å². The van der Waals surface area contributed by atoms with Crippen LogP contribution in [0.15, 0.2) is 30.3 Å². The molecule has 1 aliphatic rings. The Balaban J connectivity index is 0.000000605. The third kappa shape index (κ3) is 2.53. The van der Waals surface area contributed by atoms with Crippen molar-refractivity contribution in [2.45, 2.75) is 0 Å². The molecular formula is C9H10NiOSn. The predicted molar refractivity (Wildman–Crippen MR) is 49.5 cm³/mol. The number of hydrogen-bond donors (Lipinski definition) is 0. The van der Waals surface area contributed by atoms with Gasteiger partial charge in [0, 0.05) is 22.1 Å². The molecule has 0 saturated carbocycles. The van der Waals surface area contributed by atoms with E-state index in [1.165, 1.54) is 5.56 Å². The van der Waals surface area contributed by atoms with Gasteiger partial charge in [-0.1, -0.05) is 24.3 Å². The van der Waals surface area contributed by atoms with Crippen LogP contribution in [-0.2, 0) is 16.5 Å². The van der Waals surface area contributed by atoms with E-state index in [1.807, 2.05) is 30.3 Å². The van der Waals surface area contributed by atoms with Crippen LogP contribution >= 0.6 is 0 Å². The van der Waals surface area contributed by atoms with E-state index in [2.05, 4.69) is 6.08 Å². The van der Waals surface area contributed by atoms with Gasteiger partial charge in [0.2, 0.25) is 0 Å².